The molecule has 3 N–H and O–H groups in total. The van der Waals surface area contributed by atoms with Crippen molar-refractivity contribution >= 4 is 23.9 Å². The minimum atomic E-state index is -5.37. The average Bonchev–Trinajstić information content (AvgIpc) is 3.53. The third kappa shape index (κ3) is 11.9. The van der Waals surface area contributed by atoms with Crippen molar-refractivity contribution in [3.05, 3.63) is 77.6 Å². The number of nitrogens with zero attached hydrogens (tertiary/aromatic N) is 4. The van der Waals surface area contributed by atoms with Gasteiger partial charge in [-0.2, -0.15) is 13.2 Å². The van der Waals surface area contributed by atoms with Gasteiger partial charge >= 0.3 is 18.2 Å². The molecule has 302 valence electrons. The molecule has 0 fully saturated rings. The smallest absolute Gasteiger partial charge is 0.428 e. The molecule has 3 aromatic rings. The van der Waals surface area contributed by atoms with Gasteiger partial charge in [0.2, 0.25) is 11.8 Å². The topological polar surface area (TPSA) is 174 Å². The lowest BCUT2D eigenvalue weighted by Crippen LogP contribution is -2.63. The van der Waals surface area contributed by atoms with Crippen molar-refractivity contribution in [2.75, 3.05) is 14.2 Å². The number of methoxy groups -OCH3 is 2. The van der Waals surface area contributed by atoms with Gasteiger partial charge in [-0.15, -0.1) is 5.10 Å². The number of ether oxygens (including phenoxy) is 3. The lowest BCUT2D eigenvalue weighted by molar-refractivity contribution is -0.261. The second kappa shape index (κ2) is 18.0. The minimum absolute atomic E-state index is 0.0411. The first-order valence-corrected chi connectivity index (χ1v) is 17.6. The first-order valence-electron chi connectivity index (χ1n) is 17.6. The molecule has 0 bridgehead atoms. The van der Waals surface area contributed by atoms with Gasteiger partial charge in [0.05, 0.1) is 32.5 Å². The molecule has 17 heteroatoms. The fraction of sp³-hybridized carbons (Fsp3) is 0.526. The third-order valence-electron chi connectivity index (χ3n) is 8.68. The summed E-state index contributed by atoms with van der Waals surface area (Å²) < 4.78 is 57.3. The van der Waals surface area contributed by atoms with Crippen molar-refractivity contribution in [2.24, 2.45) is 5.92 Å². The van der Waals surface area contributed by atoms with Crippen LogP contribution in [0.5, 0.6) is 5.75 Å². The summed E-state index contributed by atoms with van der Waals surface area (Å²) in [6.07, 6.45) is -6.08. The normalized spacial score (nSPS) is 14.3. The number of halogens is 3. The van der Waals surface area contributed by atoms with Gasteiger partial charge in [0.25, 0.3) is 5.60 Å². The Labute approximate surface area is 318 Å². The summed E-state index contributed by atoms with van der Waals surface area (Å²) in [5.41, 5.74) is -5.16. The molecule has 0 aliphatic rings. The van der Waals surface area contributed by atoms with E-state index in [2.05, 4.69) is 25.7 Å². The van der Waals surface area contributed by atoms with Crippen LogP contribution in [0.3, 0.4) is 0 Å². The Hall–Kier alpha value is -5.19. The maximum atomic E-state index is 14.5. The summed E-state index contributed by atoms with van der Waals surface area (Å²) in [4.78, 5) is 55.1. The minimum Gasteiger partial charge on any atom is -0.497 e. The summed E-state index contributed by atoms with van der Waals surface area (Å²) >= 11 is 0. The molecular formula is C38H51F3N6O8. The number of aromatic nitrogens is 3. The highest BCUT2D eigenvalue weighted by atomic mass is 19.4. The number of carbonyl (C=O) groups is 4. The third-order valence-corrected chi connectivity index (χ3v) is 8.68. The van der Waals surface area contributed by atoms with E-state index >= 15 is 0 Å². The maximum absolute atomic E-state index is 14.5. The van der Waals surface area contributed by atoms with Crippen molar-refractivity contribution in [3.8, 4) is 5.75 Å². The fourth-order valence-corrected chi connectivity index (χ4v) is 5.58. The first-order chi connectivity index (χ1) is 25.5. The maximum Gasteiger partial charge on any atom is 0.428 e. The van der Waals surface area contributed by atoms with Gasteiger partial charge < -0.3 is 34.9 Å². The van der Waals surface area contributed by atoms with Crippen molar-refractivity contribution in [1.82, 2.24) is 30.5 Å². The summed E-state index contributed by atoms with van der Waals surface area (Å²) in [6, 6.07) is 14.1. The number of hydrogen-bond acceptors (Lipinski definition) is 10. The number of benzene rings is 2. The molecule has 0 saturated heterocycles. The molecule has 3 atom stereocenters. The highest BCUT2D eigenvalue weighted by Gasteiger charge is 2.61. The van der Waals surface area contributed by atoms with Crippen LogP contribution in [-0.4, -0.2) is 98.1 Å². The zero-order valence-corrected chi connectivity index (χ0v) is 32.6. The number of alkyl halides is 3. The van der Waals surface area contributed by atoms with Crippen molar-refractivity contribution in [1.29, 1.82) is 0 Å². The molecule has 1 heterocycles. The number of rotatable bonds is 16. The van der Waals surface area contributed by atoms with Crippen LogP contribution in [0, 0.1) is 5.92 Å². The predicted octanol–water partition coefficient (Wildman–Crippen LogP) is 4.38. The van der Waals surface area contributed by atoms with Crippen LogP contribution < -0.4 is 15.4 Å². The molecule has 0 saturated carbocycles. The summed E-state index contributed by atoms with van der Waals surface area (Å²) in [5, 5.41) is 23.6. The Balaban J connectivity index is 1.99. The van der Waals surface area contributed by atoms with Crippen LogP contribution in [0.25, 0.3) is 0 Å². The van der Waals surface area contributed by atoms with Gasteiger partial charge in [-0.3, -0.25) is 14.3 Å². The summed E-state index contributed by atoms with van der Waals surface area (Å²) in [5.74, 6) is -2.88. The Kier molecular flexibility index (Phi) is 14.4. The molecule has 2 aromatic carbocycles. The van der Waals surface area contributed by atoms with E-state index in [1.165, 1.54) is 16.7 Å². The number of aliphatic hydroxyl groups is 1. The van der Waals surface area contributed by atoms with Crippen LogP contribution in [0.4, 0.5) is 18.0 Å². The number of hydrogen-bond donors (Lipinski definition) is 3. The summed E-state index contributed by atoms with van der Waals surface area (Å²) in [6.45, 7) is 11.6. The van der Waals surface area contributed by atoms with Crippen molar-refractivity contribution in [3.63, 3.8) is 0 Å². The number of amides is 3. The summed E-state index contributed by atoms with van der Waals surface area (Å²) in [7, 11) is 2.24. The lowest BCUT2D eigenvalue weighted by atomic mass is 9.94. The molecule has 0 aliphatic carbocycles. The van der Waals surface area contributed by atoms with Gasteiger partial charge in [0, 0.05) is 19.2 Å². The second-order valence-electron chi connectivity index (χ2n) is 15.0. The molecule has 0 spiro atoms. The van der Waals surface area contributed by atoms with Gasteiger partial charge in [-0.1, -0.05) is 61.5 Å². The highest BCUT2D eigenvalue weighted by Crippen LogP contribution is 2.34. The monoisotopic (exact) mass is 776 g/mol. The first kappa shape index (κ1) is 44.2. The van der Waals surface area contributed by atoms with Gasteiger partial charge in [0.15, 0.2) is 0 Å². The molecule has 14 nitrogen and oxygen atoms in total. The molecular weight excluding hydrogens is 725 g/mol. The largest absolute Gasteiger partial charge is 0.497 e. The Bertz CT molecular complexity index is 1760. The molecule has 3 rings (SSSR count). The average molecular weight is 777 g/mol. The van der Waals surface area contributed by atoms with E-state index in [-0.39, 0.29) is 25.2 Å². The van der Waals surface area contributed by atoms with Crippen LogP contribution in [0.1, 0.15) is 65.3 Å². The van der Waals surface area contributed by atoms with Gasteiger partial charge in [0.1, 0.15) is 22.9 Å². The standard InChI is InChI=1S/C38H51F3N6O8/c1-24(2)30(43-34(51)55-35(3,4)5)31(48)47(21-26-15-17-29(53-8)18-16-26)36(6,7)32(49)42-27(19-25-13-11-10-12-14-25)22-46-23-28(44-45-46)20-37(52,33(50)54-9)38(39,40)41/h10-18,23-24,27,30,52H,19-22H2,1-9H3,(H,42,49)(H,43,51)/t27-,30-,37?/m0/s1. The number of nitrogens with one attached hydrogen (secondary N) is 2. The van der Waals surface area contributed by atoms with Crippen LogP contribution in [-0.2, 0) is 49.8 Å². The van der Waals surface area contributed by atoms with Gasteiger partial charge in [-0.25, -0.2) is 9.59 Å². The molecule has 0 radical (unpaired) electrons. The van der Waals surface area contributed by atoms with Crippen LogP contribution in [0.15, 0.2) is 60.8 Å². The molecule has 0 aliphatic heterocycles. The highest BCUT2D eigenvalue weighted by molar-refractivity contribution is 5.94. The Morgan fingerprint density at radius 1 is 0.909 bits per heavy atom. The van der Waals surface area contributed by atoms with Crippen molar-refractivity contribution < 1.29 is 51.7 Å². The molecule has 1 unspecified atom stereocenters. The van der Waals surface area contributed by atoms with E-state index in [1.54, 1.807) is 84.9 Å². The lowest BCUT2D eigenvalue weighted by Gasteiger charge is -2.41. The molecule has 55 heavy (non-hydrogen) atoms. The molecule has 3 amide bonds. The van der Waals surface area contributed by atoms with E-state index in [0.717, 1.165) is 18.9 Å². The van der Waals surface area contributed by atoms with Gasteiger partial charge in [-0.05, 0) is 70.2 Å². The van der Waals surface area contributed by atoms with Crippen molar-refractivity contribution in [2.45, 2.75) is 109 Å². The number of esters is 1. The SMILES string of the molecule is COC(=O)C(O)(Cc1cn(C[C@H](Cc2ccccc2)NC(=O)C(C)(C)N(Cc2ccc(OC)cc2)C(=O)[C@@H](NC(=O)OC(C)(C)C)C(C)C)nn1)C(F)(F)F. The van der Waals surface area contributed by atoms with Crippen LogP contribution in [0.2, 0.25) is 0 Å². The number of carbonyl (C=O) groups excluding carboxylic acids is 4. The van der Waals surface area contributed by atoms with E-state index in [0.29, 0.717) is 11.3 Å². The second-order valence-corrected chi connectivity index (χ2v) is 15.0. The Morgan fingerprint density at radius 2 is 1.53 bits per heavy atom. The zero-order valence-electron chi connectivity index (χ0n) is 32.6. The zero-order chi connectivity index (χ0) is 41.4. The van der Waals surface area contributed by atoms with E-state index in [4.69, 9.17) is 9.47 Å². The van der Waals surface area contributed by atoms with E-state index in [1.807, 2.05) is 18.2 Å². The Morgan fingerprint density at radius 3 is 2.05 bits per heavy atom. The molecule has 1 aromatic heterocycles. The van der Waals surface area contributed by atoms with E-state index in [9.17, 15) is 37.5 Å². The van der Waals surface area contributed by atoms with Crippen LogP contribution >= 0.6 is 0 Å². The fourth-order valence-electron chi connectivity index (χ4n) is 5.58. The van der Waals surface area contributed by atoms with E-state index < -0.39 is 71.2 Å². The quantitative estimate of drug-likeness (QED) is 0.177. The predicted molar refractivity (Wildman–Crippen MR) is 194 cm³/mol. The number of alkyl carbamates (subject to hydrolysis) is 1.